The monoisotopic (exact) mass is 278 g/mol. The van der Waals surface area contributed by atoms with Crippen LogP contribution in [-0.2, 0) is 6.42 Å². The van der Waals surface area contributed by atoms with Crippen molar-refractivity contribution in [3.63, 3.8) is 0 Å². The minimum absolute atomic E-state index is 0.113. The SMILES string of the molecule is N#Cc1sc(NCCc2ncon2)c(C(N)=O)c1N. The first-order valence-electron chi connectivity index (χ1n) is 5.24. The summed E-state index contributed by atoms with van der Waals surface area (Å²) in [4.78, 5) is 15.4. The highest BCUT2D eigenvalue weighted by atomic mass is 32.1. The topological polar surface area (TPSA) is 144 Å². The molecule has 2 aromatic heterocycles. The molecule has 0 aliphatic rings. The van der Waals surface area contributed by atoms with Crippen LogP contribution in [0.15, 0.2) is 10.9 Å². The number of hydrogen-bond donors (Lipinski definition) is 3. The molecule has 2 rings (SSSR count). The number of nitriles is 1. The second kappa shape index (κ2) is 5.36. The van der Waals surface area contributed by atoms with Crippen molar-refractivity contribution in [2.45, 2.75) is 6.42 Å². The lowest BCUT2D eigenvalue weighted by atomic mass is 10.2. The summed E-state index contributed by atoms with van der Waals surface area (Å²) < 4.78 is 4.60. The molecule has 0 saturated carbocycles. The molecule has 0 radical (unpaired) electrons. The lowest BCUT2D eigenvalue weighted by Gasteiger charge is -2.03. The molecule has 98 valence electrons. The maximum atomic E-state index is 11.3. The zero-order valence-corrected chi connectivity index (χ0v) is 10.5. The molecule has 0 unspecified atom stereocenters. The van der Waals surface area contributed by atoms with Crippen LogP contribution < -0.4 is 16.8 Å². The first-order chi connectivity index (χ1) is 9.13. The second-order valence-electron chi connectivity index (χ2n) is 3.55. The molecule has 19 heavy (non-hydrogen) atoms. The Morgan fingerprint density at radius 1 is 1.63 bits per heavy atom. The number of carbonyl (C=O) groups is 1. The van der Waals surface area contributed by atoms with Gasteiger partial charge in [-0.2, -0.15) is 10.2 Å². The minimum Gasteiger partial charge on any atom is -0.396 e. The van der Waals surface area contributed by atoms with Gasteiger partial charge >= 0.3 is 0 Å². The van der Waals surface area contributed by atoms with Crippen molar-refractivity contribution in [3.8, 4) is 6.07 Å². The van der Waals surface area contributed by atoms with Crippen LogP contribution in [0.1, 0.15) is 21.1 Å². The van der Waals surface area contributed by atoms with Gasteiger partial charge in [-0.3, -0.25) is 4.79 Å². The van der Waals surface area contributed by atoms with Gasteiger partial charge in [-0.1, -0.05) is 5.16 Å². The van der Waals surface area contributed by atoms with Gasteiger partial charge in [-0.25, -0.2) is 0 Å². The zero-order chi connectivity index (χ0) is 13.8. The molecule has 0 spiro atoms. The fourth-order valence-corrected chi connectivity index (χ4v) is 2.44. The molecule has 0 aromatic carbocycles. The van der Waals surface area contributed by atoms with Crippen LogP contribution in [0, 0.1) is 11.3 Å². The number of anilines is 2. The number of nitrogens with zero attached hydrogens (tertiary/aromatic N) is 3. The summed E-state index contributed by atoms with van der Waals surface area (Å²) in [5, 5.41) is 16.0. The van der Waals surface area contributed by atoms with E-state index in [-0.39, 0.29) is 16.1 Å². The molecule has 1 amide bonds. The highest BCUT2D eigenvalue weighted by molar-refractivity contribution is 7.17. The smallest absolute Gasteiger partial charge is 0.253 e. The van der Waals surface area contributed by atoms with Crippen LogP contribution in [0.2, 0.25) is 0 Å². The van der Waals surface area contributed by atoms with Crippen LogP contribution in [0.5, 0.6) is 0 Å². The van der Waals surface area contributed by atoms with Gasteiger partial charge in [-0.05, 0) is 0 Å². The molecule has 0 bridgehead atoms. The summed E-state index contributed by atoms with van der Waals surface area (Å²) in [6.07, 6.45) is 1.75. The third-order valence-corrected chi connectivity index (χ3v) is 3.40. The largest absolute Gasteiger partial charge is 0.396 e. The van der Waals surface area contributed by atoms with Crippen molar-refractivity contribution in [1.82, 2.24) is 10.1 Å². The maximum Gasteiger partial charge on any atom is 0.253 e. The molecular weight excluding hydrogens is 268 g/mol. The molecular formula is C10H10N6O2S. The fourth-order valence-electron chi connectivity index (χ4n) is 1.49. The average molecular weight is 278 g/mol. The Hall–Kier alpha value is -2.60. The Morgan fingerprint density at radius 3 is 3.00 bits per heavy atom. The van der Waals surface area contributed by atoms with E-state index in [1.807, 2.05) is 6.07 Å². The average Bonchev–Trinajstić information content (AvgIpc) is 2.97. The Morgan fingerprint density at radius 2 is 2.42 bits per heavy atom. The molecule has 5 N–H and O–H groups in total. The summed E-state index contributed by atoms with van der Waals surface area (Å²) in [7, 11) is 0. The number of nitrogen functional groups attached to an aromatic ring is 1. The van der Waals surface area contributed by atoms with E-state index in [9.17, 15) is 4.79 Å². The maximum absolute atomic E-state index is 11.3. The van der Waals surface area contributed by atoms with Crippen LogP contribution in [-0.4, -0.2) is 22.6 Å². The van der Waals surface area contributed by atoms with Gasteiger partial charge in [0.05, 0.1) is 11.3 Å². The van der Waals surface area contributed by atoms with E-state index in [0.717, 1.165) is 11.3 Å². The van der Waals surface area contributed by atoms with Crippen LogP contribution in [0.3, 0.4) is 0 Å². The summed E-state index contributed by atoms with van der Waals surface area (Å²) in [5.74, 6) is -0.129. The molecule has 0 atom stereocenters. The summed E-state index contributed by atoms with van der Waals surface area (Å²) in [6.45, 7) is 0.463. The Labute approximate surface area is 112 Å². The number of carbonyl (C=O) groups excluding carboxylic acids is 1. The van der Waals surface area contributed by atoms with E-state index in [1.54, 1.807) is 0 Å². The summed E-state index contributed by atoms with van der Waals surface area (Å²) >= 11 is 1.09. The number of thiophene rings is 1. The zero-order valence-electron chi connectivity index (χ0n) is 9.71. The van der Waals surface area contributed by atoms with Gasteiger partial charge in [0.15, 0.2) is 5.82 Å². The molecule has 0 saturated heterocycles. The van der Waals surface area contributed by atoms with Crippen molar-refractivity contribution < 1.29 is 9.32 Å². The van der Waals surface area contributed by atoms with E-state index in [0.29, 0.717) is 23.8 Å². The first kappa shape index (κ1) is 12.8. The van der Waals surface area contributed by atoms with Gasteiger partial charge in [-0.15, -0.1) is 11.3 Å². The number of aromatic nitrogens is 2. The van der Waals surface area contributed by atoms with Crippen molar-refractivity contribution in [2.24, 2.45) is 5.73 Å². The lowest BCUT2D eigenvalue weighted by Crippen LogP contribution is -2.15. The number of rotatable bonds is 5. The molecule has 0 aliphatic heterocycles. The van der Waals surface area contributed by atoms with Gasteiger partial charge in [0.1, 0.15) is 15.9 Å². The lowest BCUT2D eigenvalue weighted by molar-refractivity contribution is 0.100. The van der Waals surface area contributed by atoms with E-state index in [2.05, 4.69) is 20.0 Å². The Kier molecular flexibility index (Phi) is 3.63. The van der Waals surface area contributed by atoms with Gasteiger partial charge in [0.25, 0.3) is 5.91 Å². The van der Waals surface area contributed by atoms with E-state index >= 15 is 0 Å². The highest BCUT2D eigenvalue weighted by Crippen LogP contribution is 2.34. The van der Waals surface area contributed by atoms with Crippen molar-refractivity contribution in [1.29, 1.82) is 5.26 Å². The third kappa shape index (κ3) is 2.63. The third-order valence-electron chi connectivity index (χ3n) is 2.33. The van der Waals surface area contributed by atoms with Crippen LogP contribution in [0.4, 0.5) is 10.7 Å². The molecule has 2 aromatic rings. The number of amides is 1. The number of hydrogen-bond acceptors (Lipinski definition) is 8. The molecule has 0 fully saturated rings. The van der Waals surface area contributed by atoms with Gasteiger partial charge in [0, 0.05) is 13.0 Å². The molecule has 2 heterocycles. The predicted octanol–water partition coefficient (Wildman–Crippen LogP) is 0.338. The van der Waals surface area contributed by atoms with Crippen LogP contribution in [0.25, 0.3) is 0 Å². The van der Waals surface area contributed by atoms with E-state index in [1.165, 1.54) is 6.39 Å². The Balaban J connectivity index is 2.11. The normalized spacial score (nSPS) is 10.1. The number of nitrogens with two attached hydrogens (primary N) is 2. The first-order valence-corrected chi connectivity index (χ1v) is 6.06. The van der Waals surface area contributed by atoms with Crippen LogP contribution >= 0.6 is 11.3 Å². The van der Waals surface area contributed by atoms with E-state index in [4.69, 9.17) is 16.7 Å². The predicted molar refractivity (Wildman–Crippen MR) is 68.5 cm³/mol. The van der Waals surface area contributed by atoms with Crippen molar-refractivity contribution >= 4 is 27.9 Å². The van der Waals surface area contributed by atoms with Crippen molar-refractivity contribution in [3.05, 3.63) is 22.7 Å². The Bertz CT molecular complexity index is 627. The molecule has 8 nitrogen and oxygen atoms in total. The summed E-state index contributed by atoms with van der Waals surface area (Å²) in [6, 6.07) is 1.92. The molecule has 9 heteroatoms. The van der Waals surface area contributed by atoms with Gasteiger partial charge in [0.2, 0.25) is 6.39 Å². The minimum atomic E-state index is -0.669. The number of nitrogens with one attached hydrogen (secondary N) is 1. The number of primary amides is 1. The quantitative estimate of drug-likeness (QED) is 0.715. The van der Waals surface area contributed by atoms with Crippen molar-refractivity contribution in [2.75, 3.05) is 17.6 Å². The standard InChI is InChI=1S/C10H10N6O2S/c11-3-5-8(12)7(9(13)17)10(19-5)14-2-1-6-15-4-18-16-6/h4,14H,1-2,12H2,(H2,13,17). The summed E-state index contributed by atoms with van der Waals surface area (Å²) in [5.41, 5.74) is 11.2. The van der Waals surface area contributed by atoms with E-state index < -0.39 is 5.91 Å². The van der Waals surface area contributed by atoms with Gasteiger partial charge < -0.3 is 21.3 Å². The fraction of sp³-hybridized carbons (Fsp3) is 0.200. The second-order valence-corrected chi connectivity index (χ2v) is 4.57. The molecule has 0 aliphatic carbocycles. The highest BCUT2D eigenvalue weighted by Gasteiger charge is 2.19.